The molecular weight excluding hydrogens is 349 g/mol. The Morgan fingerprint density at radius 2 is 2.07 bits per heavy atom. The number of anilines is 2. The molecule has 9 heteroatoms. The van der Waals surface area contributed by atoms with Crippen molar-refractivity contribution in [2.75, 3.05) is 17.7 Å². The van der Waals surface area contributed by atoms with Crippen LogP contribution < -0.4 is 15.8 Å². The molecule has 1 aliphatic rings. The van der Waals surface area contributed by atoms with Crippen molar-refractivity contribution in [3.05, 3.63) is 54.0 Å². The molecule has 0 radical (unpaired) electrons. The molecule has 0 fully saturated rings. The average Bonchev–Trinajstić information content (AvgIpc) is 3.27. The lowest BCUT2D eigenvalue weighted by Gasteiger charge is -2.12. The molecule has 1 atom stereocenters. The van der Waals surface area contributed by atoms with Gasteiger partial charge in [-0.15, -0.1) is 0 Å². The molecule has 4 aromatic rings. The summed E-state index contributed by atoms with van der Waals surface area (Å²) in [6.07, 6.45) is 1.74. The van der Waals surface area contributed by atoms with Crippen LogP contribution >= 0.6 is 0 Å². The summed E-state index contributed by atoms with van der Waals surface area (Å²) in [5.41, 5.74) is 8.38. The zero-order valence-corrected chi connectivity index (χ0v) is 14.0. The number of benzene rings is 2. The maximum atomic E-state index is 13.3. The third kappa shape index (κ3) is 2.78. The van der Waals surface area contributed by atoms with Gasteiger partial charge in [-0.05, 0) is 12.1 Å². The van der Waals surface area contributed by atoms with Gasteiger partial charge in [0.25, 0.3) is 0 Å². The van der Waals surface area contributed by atoms with Crippen LogP contribution in [0.3, 0.4) is 0 Å². The van der Waals surface area contributed by atoms with Crippen molar-refractivity contribution in [2.24, 2.45) is 0 Å². The molecule has 0 spiro atoms. The minimum absolute atomic E-state index is 0.102. The van der Waals surface area contributed by atoms with Crippen molar-refractivity contribution in [1.82, 2.24) is 25.1 Å². The first-order valence-corrected chi connectivity index (χ1v) is 8.29. The predicted octanol–water partition coefficient (Wildman–Crippen LogP) is 2.68. The largest absolute Gasteiger partial charge is 0.491 e. The van der Waals surface area contributed by atoms with E-state index in [0.29, 0.717) is 24.1 Å². The number of rotatable bonds is 3. The first-order valence-electron chi connectivity index (χ1n) is 8.29. The van der Waals surface area contributed by atoms with E-state index < -0.39 is 0 Å². The summed E-state index contributed by atoms with van der Waals surface area (Å²) in [4.78, 5) is 12.9. The minimum atomic E-state index is -0.338. The Labute approximate surface area is 152 Å². The first kappa shape index (κ1) is 15.5. The lowest BCUT2D eigenvalue weighted by atomic mass is 10.1. The monoisotopic (exact) mass is 363 g/mol. The van der Waals surface area contributed by atoms with Crippen LogP contribution in [0, 0.1) is 5.82 Å². The van der Waals surface area contributed by atoms with Crippen molar-refractivity contribution in [3.63, 3.8) is 0 Å². The number of hydrogen-bond acceptors (Lipinski definition) is 7. The van der Waals surface area contributed by atoms with Crippen LogP contribution in [0.15, 0.2) is 42.6 Å². The van der Waals surface area contributed by atoms with E-state index in [2.05, 4.69) is 30.5 Å². The summed E-state index contributed by atoms with van der Waals surface area (Å²) >= 11 is 0. The molecular formula is C18H14FN7O. The van der Waals surface area contributed by atoms with Crippen LogP contribution in [0.5, 0.6) is 5.75 Å². The normalized spacial score (nSPS) is 15.5. The fourth-order valence-corrected chi connectivity index (χ4v) is 3.12. The number of fused-ring (bicyclic) bond motifs is 2. The number of nitrogens with one attached hydrogen (secondary N) is 2. The van der Waals surface area contributed by atoms with Gasteiger partial charge in [-0.25, -0.2) is 4.39 Å². The van der Waals surface area contributed by atoms with Crippen molar-refractivity contribution in [2.45, 2.75) is 6.04 Å². The molecule has 3 heterocycles. The number of halogens is 1. The Hall–Kier alpha value is -3.75. The second-order valence-corrected chi connectivity index (χ2v) is 6.20. The molecule has 0 aliphatic carbocycles. The fourth-order valence-electron chi connectivity index (χ4n) is 3.12. The molecule has 134 valence electrons. The van der Waals surface area contributed by atoms with Crippen molar-refractivity contribution in [1.29, 1.82) is 0 Å². The maximum Gasteiger partial charge on any atom is 0.228 e. The van der Waals surface area contributed by atoms with Crippen molar-refractivity contribution < 1.29 is 9.13 Å². The highest BCUT2D eigenvalue weighted by molar-refractivity contribution is 5.82. The van der Waals surface area contributed by atoms with Gasteiger partial charge in [0.2, 0.25) is 11.9 Å². The number of ether oxygens (including phenoxy) is 1. The highest BCUT2D eigenvalue weighted by Crippen LogP contribution is 2.34. The van der Waals surface area contributed by atoms with Crippen molar-refractivity contribution in [3.8, 4) is 17.1 Å². The van der Waals surface area contributed by atoms with E-state index >= 15 is 0 Å². The Bertz CT molecular complexity index is 1160. The van der Waals surface area contributed by atoms with E-state index in [9.17, 15) is 4.39 Å². The highest BCUT2D eigenvalue weighted by atomic mass is 19.1. The molecule has 0 saturated carbocycles. The number of aromatic nitrogens is 5. The van der Waals surface area contributed by atoms with Gasteiger partial charge in [-0.2, -0.15) is 20.1 Å². The second-order valence-electron chi connectivity index (χ2n) is 6.20. The van der Waals surface area contributed by atoms with Gasteiger partial charge in [0.05, 0.1) is 17.8 Å². The van der Waals surface area contributed by atoms with Crippen LogP contribution in [0.4, 0.5) is 16.3 Å². The van der Waals surface area contributed by atoms with Crippen LogP contribution in [-0.2, 0) is 0 Å². The summed E-state index contributed by atoms with van der Waals surface area (Å²) in [6, 6.07) is 9.97. The number of aromatic amines is 1. The summed E-state index contributed by atoms with van der Waals surface area (Å²) in [5.74, 6) is 1.05. The van der Waals surface area contributed by atoms with Gasteiger partial charge in [-0.3, -0.25) is 5.10 Å². The quantitative estimate of drug-likeness (QED) is 0.512. The third-order valence-electron chi connectivity index (χ3n) is 4.41. The van der Waals surface area contributed by atoms with Crippen LogP contribution in [0.25, 0.3) is 22.3 Å². The molecule has 0 bridgehead atoms. The lowest BCUT2D eigenvalue weighted by molar-refractivity contribution is 0.338. The third-order valence-corrected chi connectivity index (χ3v) is 4.41. The van der Waals surface area contributed by atoms with E-state index in [1.165, 1.54) is 12.1 Å². The number of hydrogen-bond donors (Lipinski definition) is 3. The fraction of sp³-hybridized carbons (Fsp3) is 0.111. The standard InChI is InChI=1S/C18H14FN7O/c19-11-3-4-12-14(8-27-15(12)6-11)22-18-24-16(23-17(20)25-18)9-1-2-10-7-21-26-13(10)5-9/h1-7,14H,8H2,(H,21,26)(H3,20,22,23,24,25). The smallest absolute Gasteiger partial charge is 0.228 e. The van der Waals surface area contributed by atoms with Gasteiger partial charge >= 0.3 is 0 Å². The van der Waals surface area contributed by atoms with E-state index in [1.54, 1.807) is 12.3 Å². The average molecular weight is 363 g/mol. The number of H-pyrrole nitrogens is 1. The zero-order chi connectivity index (χ0) is 18.4. The second kappa shape index (κ2) is 5.90. The maximum absolute atomic E-state index is 13.3. The summed E-state index contributed by atoms with van der Waals surface area (Å²) in [5, 5.41) is 11.1. The predicted molar refractivity (Wildman–Crippen MR) is 97.6 cm³/mol. The van der Waals surface area contributed by atoms with E-state index in [0.717, 1.165) is 22.0 Å². The van der Waals surface area contributed by atoms with Crippen LogP contribution in [0.2, 0.25) is 0 Å². The van der Waals surface area contributed by atoms with Crippen LogP contribution in [-0.4, -0.2) is 31.8 Å². The molecule has 4 N–H and O–H groups in total. The Kier molecular flexibility index (Phi) is 3.39. The van der Waals surface area contributed by atoms with Crippen molar-refractivity contribution >= 4 is 22.8 Å². The Morgan fingerprint density at radius 3 is 3.00 bits per heavy atom. The number of nitrogen functional groups attached to an aromatic ring is 1. The van der Waals surface area contributed by atoms with Crippen LogP contribution in [0.1, 0.15) is 11.6 Å². The topological polar surface area (TPSA) is 115 Å². The van der Waals surface area contributed by atoms with Gasteiger partial charge in [0.15, 0.2) is 5.82 Å². The summed E-state index contributed by atoms with van der Waals surface area (Å²) in [6.45, 7) is 0.347. The van der Waals surface area contributed by atoms with Gasteiger partial charge in [-0.1, -0.05) is 18.2 Å². The van der Waals surface area contributed by atoms with Gasteiger partial charge < -0.3 is 15.8 Å². The molecule has 2 aromatic carbocycles. The molecule has 8 nitrogen and oxygen atoms in total. The molecule has 0 amide bonds. The molecule has 5 rings (SSSR count). The number of nitrogens with zero attached hydrogens (tertiary/aromatic N) is 4. The summed E-state index contributed by atoms with van der Waals surface area (Å²) < 4.78 is 18.9. The lowest BCUT2D eigenvalue weighted by Crippen LogP contribution is -2.15. The van der Waals surface area contributed by atoms with E-state index in [-0.39, 0.29) is 17.8 Å². The SMILES string of the molecule is Nc1nc(NC2COc3cc(F)ccc32)nc(-c2ccc3cn[nH]c3c2)n1. The Balaban J connectivity index is 1.48. The van der Waals surface area contributed by atoms with Gasteiger partial charge in [0, 0.05) is 22.6 Å². The number of nitrogens with two attached hydrogens (primary N) is 1. The minimum Gasteiger partial charge on any atom is -0.491 e. The van der Waals surface area contributed by atoms with Gasteiger partial charge in [0.1, 0.15) is 18.2 Å². The summed E-state index contributed by atoms with van der Waals surface area (Å²) in [7, 11) is 0. The molecule has 1 aliphatic heterocycles. The first-order chi connectivity index (χ1) is 13.2. The zero-order valence-electron chi connectivity index (χ0n) is 14.0. The molecule has 1 unspecified atom stereocenters. The molecule has 2 aromatic heterocycles. The molecule has 27 heavy (non-hydrogen) atoms. The van der Waals surface area contributed by atoms with E-state index in [1.807, 2.05) is 18.2 Å². The molecule has 0 saturated heterocycles. The highest BCUT2D eigenvalue weighted by Gasteiger charge is 2.25. The van der Waals surface area contributed by atoms with E-state index in [4.69, 9.17) is 10.5 Å². The Morgan fingerprint density at radius 1 is 1.15 bits per heavy atom.